The lowest BCUT2D eigenvalue weighted by Gasteiger charge is -2.33. The van der Waals surface area contributed by atoms with Gasteiger partial charge in [-0.1, -0.05) is 11.6 Å². The topological polar surface area (TPSA) is 93.9 Å². The SMILES string of the molecule is CC(C)(C)OC(=O)N1CCC(NC(=O)c2cc(Cl)c(N)c3c2OCC3)CC1. The number of likely N-dealkylation sites (tertiary alicyclic amines) is 1. The average Bonchev–Trinajstić information content (AvgIpc) is 3.07. The number of ether oxygens (including phenoxy) is 2. The van der Waals surface area contributed by atoms with E-state index in [1.807, 2.05) is 20.8 Å². The number of carbonyl (C=O) groups is 2. The molecule has 0 aliphatic carbocycles. The van der Waals surface area contributed by atoms with Crippen LogP contribution in [0.2, 0.25) is 5.02 Å². The highest BCUT2D eigenvalue weighted by molar-refractivity contribution is 6.33. The van der Waals surface area contributed by atoms with Gasteiger partial charge < -0.3 is 25.4 Å². The number of piperidine rings is 1. The monoisotopic (exact) mass is 395 g/mol. The van der Waals surface area contributed by atoms with Gasteiger partial charge in [-0.2, -0.15) is 0 Å². The first-order chi connectivity index (χ1) is 12.7. The van der Waals surface area contributed by atoms with E-state index in [-0.39, 0.29) is 18.0 Å². The van der Waals surface area contributed by atoms with E-state index in [0.29, 0.717) is 61.0 Å². The van der Waals surface area contributed by atoms with E-state index in [2.05, 4.69) is 5.32 Å². The van der Waals surface area contributed by atoms with Gasteiger partial charge in [-0.3, -0.25) is 4.79 Å². The molecule has 0 saturated carbocycles. The number of hydrogen-bond donors (Lipinski definition) is 2. The Labute approximate surface area is 164 Å². The Bertz CT molecular complexity index is 752. The zero-order valence-corrected chi connectivity index (χ0v) is 16.7. The summed E-state index contributed by atoms with van der Waals surface area (Å²) in [4.78, 5) is 26.6. The smallest absolute Gasteiger partial charge is 0.410 e. The Kier molecular flexibility index (Phi) is 5.42. The molecule has 1 fully saturated rings. The molecule has 0 spiro atoms. The highest BCUT2D eigenvalue weighted by Gasteiger charge is 2.30. The number of rotatable bonds is 2. The largest absolute Gasteiger partial charge is 0.492 e. The quantitative estimate of drug-likeness (QED) is 0.751. The Morgan fingerprint density at radius 2 is 2.00 bits per heavy atom. The number of fused-ring (bicyclic) bond motifs is 1. The van der Waals surface area contributed by atoms with Crippen LogP contribution in [-0.4, -0.2) is 48.2 Å². The maximum Gasteiger partial charge on any atom is 0.410 e. The molecule has 1 aromatic rings. The first-order valence-corrected chi connectivity index (χ1v) is 9.56. The molecule has 2 aliphatic heterocycles. The molecule has 0 bridgehead atoms. The summed E-state index contributed by atoms with van der Waals surface area (Å²) in [5.74, 6) is 0.298. The van der Waals surface area contributed by atoms with Gasteiger partial charge >= 0.3 is 6.09 Å². The molecule has 2 heterocycles. The normalized spacial score (nSPS) is 17.3. The van der Waals surface area contributed by atoms with Gasteiger partial charge in [0.1, 0.15) is 11.4 Å². The average molecular weight is 396 g/mol. The lowest BCUT2D eigenvalue weighted by molar-refractivity contribution is 0.0199. The summed E-state index contributed by atoms with van der Waals surface area (Å²) >= 11 is 6.17. The number of hydrogen-bond acceptors (Lipinski definition) is 5. The van der Waals surface area contributed by atoms with Crippen LogP contribution in [0.1, 0.15) is 49.5 Å². The molecule has 2 amide bonds. The van der Waals surface area contributed by atoms with Gasteiger partial charge in [0.25, 0.3) is 5.91 Å². The van der Waals surface area contributed by atoms with E-state index in [4.69, 9.17) is 26.8 Å². The van der Waals surface area contributed by atoms with Crippen molar-refractivity contribution in [1.82, 2.24) is 10.2 Å². The predicted octanol–water partition coefficient (Wildman–Crippen LogP) is 2.99. The van der Waals surface area contributed by atoms with Crippen LogP contribution in [0, 0.1) is 0 Å². The Morgan fingerprint density at radius 3 is 2.63 bits per heavy atom. The number of nitrogens with one attached hydrogen (secondary N) is 1. The molecule has 3 N–H and O–H groups in total. The molecule has 3 rings (SSSR count). The van der Waals surface area contributed by atoms with Gasteiger partial charge in [0.15, 0.2) is 0 Å². The lowest BCUT2D eigenvalue weighted by Crippen LogP contribution is -2.47. The minimum atomic E-state index is -0.517. The van der Waals surface area contributed by atoms with Crippen molar-refractivity contribution in [2.75, 3.05) is 25.4 Å². The standard InChI is InChI=1S/C19H26ClN3O4/c1-19(2,3)27-18(25)23-7-4-11(5-8-23)22-17(24)13-10-14(20)15(21)12-6-9-26-16(12)13/h10-11H,4-9,21H2,1-3H3,(H,22,24). The van der Waals surface area contributed by atoms with Gasteiger partial charge in [-0.15, -0.1) is 0 Å². The minimum Gasteiger partial charge on any atom is -0.492 e. The molecular formula is C19H26ClN3O4. The Balaban J connectivity index is 1.60. The third-order valence-corrected chi connectivity index (χ3v) is 5.01. The fourth-order valence-electron chi connectivity index (χ4n) is 3.33. The molecule has 0 unspecified atom stereocenters. The predicted molar refractivity (Wildman–Crippen MR) is 103 cm³/mol. The van der Waals surface area contributed by atoms with Crippen LogP contribution in [0.4, 0.5) is 10.5 Å². The van der Waals surface area contributed by atoms with E-state index in [1.54, 1.807) is 11.0 Å². The third-order valence-electron chi connectivity index (χ3n) is 4.70. The molecular weight excluding hydrogens is 370 g/mol. The molecule has 0 radical (unpaired) electrons. The number of benzene rings is 1. The van der Waals surface area contributed by atoms with Crippen molar-refractivity contribution < 1.29 is 19.1 Å². The fourth-order valence-corrected chi connectivity index (χ4v) is 3.56. The summed E-state index contributed by atoms with van der Waals surface area (Å²) in [5, 5.41) is 3.39. The number of nitrogens with zero attached hydrogens (tertiary/aromatic N) is 1. The number of carbonyl (C=O) groups excluding carboxylic acids is 2. The van der Waals surface area contributed by atoms with E-state index < -0.39 is 5.60 Å². The highest BCUT2D eigenvalue weighted by atomic mass is 35.5. The first-order valence-electron chi connectivity index (χ1n) is 9.18. The number of amides is 2. The Morgan fingerprint density at radius 1 is 1.33 bits per heavy atom. The number of halogens is 1. The first kappa shape index (κ1) is 19.6. The van der Waals surface area contributed by atoms with Gasteiger partial charge in [0.05, 0.1) is 22.9 Å². The van der Waals surface area contributed by atoms with Crippen molar-refractivity contribution in [3.05, 3.63) is 22.2 Å². The number of nitrogen functional groups attached to an aromatic ring is 1. The second kappa shape index (κ2) is 7.46. The molecule has 0 atom stereocenters. The fraction of sp³-hybridized carbons (Fsp3) is 0.579. The summed E-state index contributed by atoms with van der Waals surface area (Å²) in [6, 6.07) is 1.54. The van der Waals surface area contributed by atoms with Crippen molar-refractivity contribution in [2.45, 2.75) is 51.7 Å². The van der Waals surface area contributed by atoms with Crippen molar-refractivity contribution in [3.63, 3.8) is 0 Å². The van der Waals surface area contributed by atoms with Crippen LogP contribution < -0.4 is 15.8 Å². The summed E-state index contributed by atoms with van der Waals surface area (Å²) < 4.78 is 11.0. The van der Waals surface area contributed by atoms with Crippen molar-refractivity contribution in [2.24, 2.45) is 0 Å². The molecule has 8 heteroatoms. The summed E-state index contributed by atoms with van der Waals surface area (Å²) in [5.41, 5.74) is 7.15. The molecule has 1 aromatic carbocycles. The number of nitrogens with two attached hydrogens (primary N) is 1. The van der Waals surface area contributed by atoms with Gasteiger partial charge in [-0.25, -0.2) is 4.79 Å². The van der Waals surface area contributed by atoms with Crippen molar-refractivity contribution in [1.29, 1.82) is 0 Å². The highest BCUT2D eigenvalue weighted by Crippen LogP contribution is 2.38. The molecule has 2 aliphatic rings. The molecule has 1 saturated heterocycles. The summed E-state index contributed by atoms with van der Waals surface area (Å²) in [6.07, 6.45) is 1.66. The van der Waals surface area contributed by atoms with Gasteiger partial charge in [0, 0.05) is 31.1 Å². The minimum absolute atomic E-state index is 0.0235. The zero-order valence-electron chi connectivity index (χ0n) is 15.9. The van der Waals surface area contributed by atoms with Crippen molar-refractivity contribution >= 4 is 29.3 Å². The van der Waals surface area contributed by atoms with Crippen molar-refractivity contribution in [3.8, 4) is 5.75 Å². The van der Waals surface area contributed by atoms with Crippen LogP contribution in [0.3, 0.4) is 0 Å². The van der Waals surface area contributed by atoms with Gasteiger partial charge in [0.2, 0.25) is 0 Å². The van der Waals surface area contributed by atoms with E-state index in [9.17, 15) is 9.59 Å². The third kappa shape index (κ3) is 4.40. The summed E-state index contributed by atoms with van der Waals surface area (Å²) in [6.45, 7) is 7.10. The second-order valence-electron chi connectivity index (χ2n) is 7.94. The molecule has 148 valence electrons. The van der Waals surface area contributed by atoms with Gasteiger partial charge in [-0.05, 0) is 39.7 Å². The van der Waals surface area contributed by atoms with Crippen LogP contribution in [0.25, 0.3) is 0 Å². The zero-order chi connectivity index (χ0) is 19.8. The van der Waals surface area contributed by atoms with Crippen LogP contribution in [0.5, 0.6) is 5.75 Å². The molecule has 27 heavy (non-hydrogen) atoms. The van der Waals surface area contributed by atoms with E-state index in [0.717, 1.165) is 5.56 Å². The maximum absolute atomic E-state index is 12.7. The molecule has 0 aromatic heterocycles. The van der Waals surface area contributed by atoms with Crippen LogP contribution in [-0.2, 0) is 11.2 Å². The maximum atomic E-state index is 12.7. The number of anilines is 1. The van der Waals surface area contributed by atoms with Crippen LogP contribution in [0.15, 0.2) is 6.07 Å². The molecule has 7 nitrogen and oxygen atoms in total. The second-order valence-corrected chi connectivity index (χ2v) is 8.35. The van der Waals surface area contributed by atoms with E-state index in [1.165, 1.54) is 0 Å². The van der Waals surface area contributed by atoms with E-state index >= 15 is 0 Å². The summed E-state index contributed by atoms with van der Waals surface area (Å²) in [7, 11) is 0. The van der Waals surface area contributed by atoms with Crippen LogP contribution >= 0.6 is 11.6 Å². The Hall–Kier alpha value is -2.15. The lowest BCUT2D eigenvalue weighted by atomic mass is 10.0.